The lowest BCUT2D eigenvalue weighted by molar-refractivity contribution is -0.137. The first-order valence-corrected chi connectivity index (χ1v) is 9.25. The average Bonchev–Trinajstić information content (AvgIpc) is 2.95. The van der Waals surface area contributed by atoms with E-state index >= 15 is 0 Å². The first kappa shape index (κ1) is 21.2. The van der Waals surface area contributed by atoms with Crippen LogP contribution in [0.25, 0.3) is 0 Å². The van der Waals surface area contributed by atoms with Crippen LogP contribution in [0.5, 0.6) is 0 Å². The van der Waals surface area contributed by atoms with E-state index in [1.54, 1.807) is 6.07 Å². The molecule has 0 saturated heterocycles. The van der Waals surface area contributed by atoms with E-state index in [0.29, 0.717) is 4.88 Å². The normalized spacial score (nSPS) is 11.3. The van der Waals surface area contributed by atoms with Crippen molar-refractivity contribution >= 4 is 40.5 Å². The van der Waals surface area contributed by atoms with E-state index in [-0.39, 0.29) is 5.02 Å². The Balaban J connectivity index is 2.03. The topological polar surface area (TPSA) is 55.4 Å². The van der Waals surface area contributed by atoms with Crippen molar-refractivity contribution in [2.24, 2.45) is 0 Å². The van der Waals surface area contributed by atoms with Gasteiger partial charge in [-0.25, -0.2) is 4.79 Å². The van der Waals surface area contributed by atoms with Crippen molar-refractivity contribution in [3.05, 3.63) is 50.2 Å². The number of halogens is 4. The highest BCUT2D eigenvalue weighted by atomic mass is 35.5. The molecule has 1 amide bonds. The number of benzene rings is 1. The number of hydrogen-bond donors (Lipinski definition) is 1. The highest BCUT2D eigenvalue weighted by Crippen LogP contribution is 2.38. The summed E-state index contributed by atoms with van der Waals surface area (Å²) in [6.45, 7) is 3.18. The van der Waals surface area contributed by atoms with Gasteiger partial charge in [-0.3, -0.25) is 4.79 Å². The molecule has 2 rings (SSSR count). The number of aryl methyl sites for hydroxylation is 2. The average molecular weight is 420 g/mol. The third kappa shape index (κ3) is 5.46. The van der Waals surface area contributed by atoms with Crippen molar-refractivity contribution in [1.29, 1.82) is 0 Å². The maximum absolute atomic E-state index is 13.0. The minimum atomic E-state index is -4.69. The molecule has 0 radical (unpaired) electrons. The number of ether oxygens (including phenoxy) is 1. The summed E-state index contributed by atoms with van der Waals surface area (Å²) in [6.07, 6.45) is -2.94. The second kappa shape index (κ2) is 8.75. The molecule has 4 nitrogen and oxygen atoms in total. The van der Waals surface area contributed by atoms with Crippen LogP contribution in [0.1, 0.15) is 39.0 Å². The van der Waals surface area contributed by atoms with E-state index in [0.717, 1.165) is 35.4 Å². The Labute approximate surface area is 163 Å². The van der Waals surface area contributed by atoms with Crippen molar-refractivity contribution in [1.82, 2.24) is 0 Å². The van der Waals surface area contributed by atoms with E-state index in [4.69, 9.17) is 16.3 Å². The Hall–Kier alpha value is -2.06. The molecule has 1 aromatic heterocycles. The zero-order chi connectivity index (χ0) is 20.2. The van der Waals surface area contributed by atoms with Crippen molar-refractivity contribution in [3.63, 3.8) is 0 Å². The molecule has 146 valence electrons. The summed E-state index contributed by atoms with van der Waals surface area (Å²) in [6, 6.07) is 4.87. The number of hydrogen-bond acceptors (Lipinski definition) is 4. The lowest BCUT2D eigenvalue weighted by Crippen LogP contribution is -2.22. The zero-order valence-corrected chi connectivity index (χ0v) is 16.1. The molecule has 1 N–H and O–H groups in total. The van der Waals surface area contributed by atoms with E-state index in [2.05, 4.69) is 5.32 Å². The molecule has 1 aromatic carbocycles. The van der Waals surface area contributed by atoms with Gasteiger partial charge in [0.15, 0.2) is 6.61 Å². The maximum atomic E-state index is 13.0. The number of carbonyl (C=O) groups is 2. The minimum Gasteiger partial charge on any atom is -0.451 e. The van der Waals surface area contributed by atoms with Crippen LogP contribution in [0, 0.1) is 6.92 Å². The summed E-state index contributed by atoms with van der Waals surface area (Å²) < 4.78 is 44.0. The molecule has 27 heavy (non-hydrogen) atoms. The summed E-state index contributed by atoms with van der Waals surface area (Å²) in [5.74, 6) is -1.61. The minimum absolute atomic E-state index is 0.261. The third-order valence-electron chi connectivity index (χ3n) is 3.66. The standard InChI is InChI=1S/C18H17ClF3NO3S/c1-3-5-11-8-14(27-10(11)2)17(25)26-9-15(24)23-16-12(18(20,21)22)6-4-7-13(16)19/h4,6-8H,3,5,9H2,1-2H3,(H,23,24). The number of thiophene rings is 1. The number of amides is 1. The third-order valence-corrected chi connectivity index (χ3v) is 5.05. The van der Waals surface area contributed by atoms with Crippen LogP contribution < -0.4 is 5.32 Å². The van der Waals surface area contributed by atoms with Crippen LogP contribution in [-0.4, -0.2) is 18.5 Å². The quantitative estimate of drug-likeness (QED) is 0.631. The molecular weight excluding hydrogens is 403 g/mol. The molecule has 0 aliphatic heterocycles. The number of para-hydroxylation sites is 1. The fourth-order valence-electron chi connectivity index (χ4n) is 2.40. The van der Waals surface area contributed by atoms with E-state index in [1.165, 1.54) is 17.4 Å². The lowest BCUT2D eigenvalue weighted by Gasteiger charge is -2.15. The number of carbonyl (C=O) groups excluding carboxylic acids is 2. The van der Waals surface area contributed by atoms with Crippen LogP contribution >= 0.6 is 22.9 Å². The largest absolute Gasteiger partial charge is 0.451 e. The van der Waals surface area contributed by atoms with Crippen LogP contribution in [0.4, 0.5) is 18.9 Å². The van der Waals surface area contributed by atoms with Gasteiger partial charge < -0.3 is 10.1 Å². The number of nitrogens with one attached hydrogen (secondary N) is 1. The predicted octanol–water partition coefficient (Wildman–Crippen LogP) is 5.48. The fraction of sp³-hybridized carbons (Fsp3) is 0.333. The van der Waals surface area contributed by atoms with Gasteiger partial charge in [-0.15, -0.1) is 11.3 Å². The molecule has 0 atom stereocenters. The van der Waals surface area contributed by atoms with Gasteiger partial charge in [0.2, 0.25) is 0 Å². The predicted molar refractivity (Wildman–Crippen MR) is 98.4 cm³/mol. The van der Waals surface area contributed by atoms with Crippen molar-refractivity contribution in [3.8, 4) is 0 Å². The molecule has 0 spiro atoms. The monoisotopic (exact) mass is 419 g/mol. The molecule has 0 aliphatic carbocycles. The molecule has 0 aliphatic rings. The van der Waals surface area contributed by atoms with Gasteiger partial charge in [0.1, 0.15) is 4.88 Å². The van der Waals surface area contributed by atoms with Gasteiger partial charge in [0.05, 0.1) is 16.3 Å². The molecule has 0 saturated carbocycles. The van der Waals surface area contributed by atoms with Gasteiger partial charge in [-0.1, -0.05) is 31.0 Å². The van der Waals surface area contributed by atoms with Gasteiger partial charge in [0.25, 0.3) is 5.91 Å². The van der Waals surface area contributed by atoms with E-state index < -0.39 is 35.9 Å². The van der Waals surface area contributed by atoms with Gasteiger partial charge in [-0.2, -0.15) is 13.2 Å². The highest BCUT2D eigenvalue weighted by molar-refractivity contribution is 7.14. The molecule has 0 bridgehead atoms. The highest BCUT2D eigenvalue weighted by Gasteiger charge is 2.34. The summed E-state index contributed by atoms with van der Waals surface area (Å²) in [4.78, 5) is 25.3. The Morgan fingerprint density at radius 1 is 1.30 bits per heavy atom. The lowest BCUT2D eigenvalue weighted by atomic mass is 10.1. The van der Waals surface area contributed by atoms with Crippen LogP contribution in [0.2, 0.25) is 5.02 Å². The van der Waals surface area contributed by atoms with Crippen LogP contribution in [0.15, 0.2) is 24.3 Å². The first-order valence-electron chi connectivity index (χ1n) is 8.05. The maximum Gasteiger partial charge on any atom is 0.418 e. The molecule has 0 fully saturated rings. The summed E-state index contributed by atoms with van der Waals surface area (Å²) >= 11 is 7.02. The second-order valence-corrected chi connectivity index (χ2v) is 7.39. The SMILES string of the molecule is CCCc1cc(C(=O)OCC(=O)Nc2c(Cl)cccc2C(F)(F)F)sc1C. The van der Waals surface area contributed by atoms with Crippen molar-refractivity contribution in [2.45, 2.75) is 32.9 Å². The van der Waals surface area contributed by atoms with Gasteiger partial charge in [-0.05, 0) is 37.1 Å². The Morgan fingerprint density at radius 2 is 2.00 bits per heavy atom. The molecule has 0 unspecified atom stereocenters. The van der Waals surface area contributed by atoms with Crippen LogP contribution in [0.3, 0.4) is 0 Å². The smallest absolute Gasteiger partial charge is 0.418 e. The number of esters is 1. The van der Waals surface area contributed by atoms with Gasteiger partial charge >= 0.3 is 12.1 Å². The molecular formula is C18H17ClF3NO3S. The first-order chi connectivity index (χ1) is 12.6. The fourth-order valence-corrected chi connectivity index (χ4v) is 3.59. The van der Waals surface area contributed by atoms with E-state index in [1.807, 2.05) is 13.8 Å². The summed E-state index contributed by atoms with van der Waals surface area (Å²) in [7, 11) is 0. The van der Waals surface area contributed by atoms with Gasteiger partial charge in [0, 0.05) is 4.88 Å². The van der Waals surface area contributed by atoms with Crippen molar-refractivity contribution in [2.75, 3.05) is 11.9 Å². The number of anilines is 1. The Kier molecular flexibility index (Phi) is 6.89. The van der Waals surface area contributed by atoms with Crippen molar-refractivity contribution < 1.29 is 27.5 Å². The summed E-state index contributed by atoms with van der Waals surface area (Å²) in [5.41, 5.74) is -0.609. The molecule has 9 heteroatoms. The van der Waals surface area contributed by atoms with Crippen LogP contribution in [-0.2, 0) is 22.1 Å². The second-order valence-electron chi connectivity index (χ2n) is 5.73. The Bertz CT molecular complexity index is 849. The number of rotatable bonds is 6. The molecule has 1 heterocycles. The van der Waals surface area contributed by atoms with E-state index in [9.17, 15) is 22.8 Å². The molecule has 2 aromatic rings. The zero-order valence-electron chi connectivity index (χ0n) is 14.6. The Morgan fingerprint density at radius 3 is 2.63 bits per heavy atom. The number of alkyl halides is 3. The summed E-state index contributed by atoms with van der Waals surface area (Å²) in [5, 5.41) is 1.80.